The zero-order chi connectivity index (χ0) is 30.2. The van der Waals surface area contributed by atoms with Crippen molar-refractivity contribution in [3.63, 3.8) is 0 Å². The normalized spacial score (nSPS) is 26.4. The van der Waals surface area contributed by atoms with Crippen LogP contribution >= 0.6 is 0 Å². The Morgan fingerprint density at radius 3 is 2.12 bits per heavy atom. The zero-order valence-corrected chi connectivity index (χ0v) is 21.7. The summed E-state index contributed by atoms with van der Waals surface area (Å²) in [4.78, 5) is 23.6. The molecule has 4 atom stereocenters. The first-order valence-corrected chi connectivity index (χ1v) is 14.0. The molecule has 2 aliphatic carbocycles. The molecule has 1 heterocycles. The quantitative estimate of drug-likeness (QED) is 0.296. The predicted octanol–water partition coefficient (Wildman–Crippen LogP) is 4.51. The Morgan fingerprint density at radius 1 is 0.951 bits per heavy atom. The maximum atomic E-state index is 14.9. The molecule has 2 aromatic carbocycles. The average molecular weight is 611 g/mol. The highest BCUT2D eigenvalue weighted by Crippen LogP contribution is 2.59. The number of fused-ring (bicyclic) bond motifs is 3. The highest BCUT2D eigenvalue weighted by atomic mass is 32.2. The van der Waals surface area contributed by atoms with Gasteiger partial charge in [0.15, 0.2) is 9.84 Å². The molecule has 2 aromatic rings. The fourth-order valence-electron chi connectivity index (χ4n) is 6.35. The van der Waals surface area contributed by atoms with E-state index in [2.05, 4.69) is 10.6 Å². The summed E-state index contributed by atoms with van der Waals surface area (Å²) >= 11 is 0. The number of carbonyl (C=O) groups excluding carboxylic acids is 2. The van der Waals surface area contributed by atoms with E-state index >= 15 is 0 Å². The lowest BCUT2D eigenvalue weighted by Crippen LogP contribution is -2.59. The van der Waals surface area contributed by atoms with Crippen molar-refractivity contribution in [3.8, 4) is 0 Å². The Hall–Kier alpha value is -3.23. The lowest BCUT2D eigenvalue weighted by molar-refractivity contribution is -0.348. The second kappa shape index (κ2) is 9.39. The van der Waals surface area contributed by atoms with Crippen molar-refractivity contribution in [2.45, 2.75) is 71.9 Å². The van der Waals surface area contributed by atoms with Gasteiger partial charge >= 0.3 is 18.0 Å². The Morgan fingerprint density at radius 2 is 1.56 bits per heavy atom. The van der Waals surface area contributed by atoms with Gasteiger partial charge in [0.2, 0.25) is 11.8 Å². The van der Waals surface area contributed by atoms with E-state index in [1.807, 2.05) is 0 Å². The minimum Gasteiger partial charge on any atom is -0.351 e. The molecule has 15 heteroatoms. The summed E-state index contributed by atoms with van der Waals surface area (Å²) < 4.78 is 136. The summed E-state index contributed by atoms with van der Waals surface area (Å²) in [5.41, 5.74) is -7.75. The van der Waals surface area contributed by atoms with Crippen LogP contribution < -0.4 is 10.6 Å². The first-order chi connectivity index (χ1) is 18.9. The van der Waals surface area contributed by atoms with Crippen molar-refractivity contribution in [1.82, 2.24) is 10.6 Å². The Bertz CT molecular complexity index is 1480. The molecule has 2 N–H and O–H groups in total. The van der Waals surface area contributed by atoms with Crippen LogP contribution in [0.3, 0.4) is 0 Å². The number of sulfone groups is 1. The molecule has 0 bridgehead atoms. The molecule has 0 aromatic heterocycles. The third-order valence-corrected chi connectivity index (χ3v) is 10.9. The molecule has 0 radical (unpaired) electrons. The molecule has 3 aliphatic rings. The van der Waals surface area contributed by atoms with Gasteiger partial charge in [0.1, 0.15) is 16.6 Å². The minimum absolute atomic E-state index is 0.0663. The smallest absolute Gasteiger partial charge is 0.351 e. The number of aryl methyl sites for hydroxylation is 1. The number of hydrogen-bond donors (Lipinski definition) is 2. The molecule has 1 saturated heterocycles. The van der Waals surface area contributed by atoms with Crippen molar-refractivity contribution in [2.75, 3.05) is 0 Å². The van der Waals surface area contributed by atoms with Gasteiger partial charge in [-0.1, -0.05) is 18.2 Å². The number of benzene rings is 2. The SMILES string of the molecule is O=C1C[C@@H](C(=O)N[C@@H]2CC[C@@]3(S(=O)(=O)c4ccc(F)cc4)c4ccc(C(F)(C(F)(F)F)C(F)(F)F)cc4CC[C@@H]23)N1. The van der Waals surface area contributed by atoms with Crippen molar-refractivity contribution < 1.29 is 53.1 Å². The van der Waals surface area contributed by atoms with Crippen LogP contribution in [-0.4, -0.2) is 44.7 Å². The van der Waals surface area contributed by atoms with Crippen LogP contribution in [0.25, 0.3) is 0 Å². The topological polar surface area (TPSA) is 92.3 Å². The zero-order valence-electron chi connectivity index (χ0n) is 20.9. The van der Waals surface area contributed by atoms with Gasteiger partial charge < -0.3 is 10.6 Å². The van der Waals surface area contributed by atoms with Crippen LogP contribution in [-0.2, 0) is 36.3 Å². The fraction of sp³-hybridized carbons (Fsp3) is 0.462. The molecule has 0 unspecified atom stereocenters. The Balaban J connectivity index is 1.64. The van der Waals surface area contributed by atoms with Crippen LogP contribution in [0.1, 0.15) is 42.4 Å². The van der Waals surface area contributed by atoms with Gasteiger partial charge in [-0.05, 0) is 61.1 Å². The summed E-state index contributed by atoms with van der Waals surface area (Å²) in [7, 11) is -4.51. The molecule has 1 aliphatic heterocycles. The standard InChI is InChI=1S/C26H22F8N2O4S/c27-15-3-5-16(6-4-15)41(39,40)23-10-9-19(36-22(38)20-12-21(37)35-20)18(23)7-1-13-11-14(2-8-17(13)23)24(28,25(29,30)31)26(32,33)34/h2-6,8,11,18-20H,1,7,9-10,12H2,(H,35,37)(H,36,38)/t18-,19+,20-,23+/m0/s1. The Labute approximate surface area is 228 Å². The molecule has 2 amide bonds. The highest BCUT2D eigenvalue weighted by molar-refractivity contribution is 7.92. The van der Waals surface area contributed by atoms with Crippen LogP contribution in [0.2, 0.25) is 0 Å². The Kier molecular flexibility index (Phi) is 6.71. The molecule has 6 nitrogen and oxygen atoms in total. The summed E-state index contributed by atoms with van der Waals surface area (Å²) in [6.07, 6.45) is -13.2. The van der Waals surface area contributed by atoms with Crippen molar-refractivity contribution in [3.05, 3.63) is 65.0 Å². The number of rotatable bonds is 5. The van der Waals surface area contributed by atoms with Crippen LogP contribution in [0.5, 0.6) is 0 Å². The molecule has 2 fully saturated rings. The second-order valence-electron chi connectivity index (χ2n) is 10.5. The van der Waals surface area contributed by atoms with E-state index in [0.29, 0.717) is 12.1 Å². The maximum Gasteiger partial charge on any atom is 0.435 e. The lowest BCUT2D eigenvalue weighted by Gasteiger charge is -2.43. The number of halogens is 8. The van der Waals surface area contributed by atoms with E-state index in [9.17, 15) is 53.1 Å². The van der Waals surface area contributed by atoms with Gasteiger partial charge in [-0.25, -0.2) is 17.2 Å². The number of hydrogen-bond acceptors (Lipinski definition) is 4. The maximum absolute atomic E-state index is 14.9. The van der Waals surface area contributed by atoms with E-state index in [1.54, 1.807) is 0 Å². The van der Waals surface area contributed by atoms with Crippen LogP contribution in [0.4, 0.5) is 35.1 Å². The van der Waals surface area contributed by atoms with E-state index in [4.69, 9.17) is 0 Å². The molecule has 5 rings (SSSR count). The van der Waals surface area contributed by atoms with Crippen molar-refractivity contribution in [2.24, 2.45) is 5.92 Å². The highest BCUT2D eigenvalue weighted by Gasteiger charge is 2.73. The second-order valence-corrected chi connectivity index (χ2v) is 12.7. The van der Waals surface area contributed by atoms with Gasteiger partial charge in [-0.2, -0.15) is 26.3 Å². The molecule has 1 saturated carbocycles. The van der Waals surface area contributed by atoms with Gasteiger partial charge in [-0.15, -0.1) is 0 Å². The lowest BCUT2D eigenvalue weighted by atomic mass is 9.74. The summed E-state index contributed by atoms with van der Waals surface area (Å²) in [5.74, 6) is -2.56. The van der Waals surface area contributed by atoms with Gasteiger partial charge in [0.25, 0.3) is 0 Å². The molecule has 0 spiro atoms. The molecule has 41 heavy (non-hydrogen) atoms. The van der Waals surface area contributed by atoms with Gasteiger partial charge in [0.05, 0.1) is 11.3 Å². The first kappa shape index (κ1) is 29.3. The van der Waals surface area contributed by atoms with Crippen LogP contribution in [0, 0.1) is 11.7 Å². The summed E-state index contributed by atoms with van der Waals surface area (Å²) in [6, 6.07) is 3.64. The molecular weight excluding hydrogens is 588 g/mol. The van der Waals surface area contributed by atoms with Crippen LogP contribution in [0.15, 0.2) is 47.4 Å². The largest absolute Gasteiger partial charge is 0.435 e. The van der Waals surface area contributed by atoms with Gasteiger partial charge in [-0.3, -0.25) is 9.59 Å². The van der Waals surface area contributed by atoms with E-state index in [1.165, 1.54) is 0 Å². The third kappa shape index (κ3) is 4.29. The predicted molar refractivity (Wildman–Crippen MR) is 126 cm³/mol. The number of nitrogens with one attached hydrogen (secondary N) is 2. The average Bonchev–Trinajstić information content (AvgIpc) is 3.25. The van der Waals surface area contributed by atoms with E-state index < -0.39 is 67.9 Å². The van der Waals surface area contributed by atoms with Gasteiger partial charge in [0, 0.05) is 17.5 Å². The molecular formula is C26H22F8N2O4S. The van der Waals surface area contributed by atoms with E-state index in [-0.39, 0.29) is 54.0 Å². The number of β-lactam (4-membered cyclic amide) rings is 1. The number of amides is 2. The van der Waals surface area contributed by atoms with E-state index in [0.717, 1.165) is 30.3 Å². The molecule has 222 valence electrons. The monoisotopic (exact) mass is 610 g/mol. The summed E-state index contributed by atoms with van der Waals surface area (Å²) in [5, 5.41) is 5.12. The first-order valence-electron chi connectivity index (χ1n) is 12.5. The fourth-order valence-corrected chi connectivity index (χ4v) is 8.82. The number of carbonyl (C=O) groups is 2. The number of alkyl halides is 7. The van der Waals surface area contributed by atoms with Crippen molar-refractivity contribution >= 4 is 21.7 Å². The summed E-state index contributed by atoms with van der Waals surface area (Å²) in [6.45, 7) is 0. The third-order valence-electron chi connectivity index (χ3n) is 8.35. The van der Waals surface area contributed by atoms with Crippen molar-refractivity contribution in [1.29, 1.82) is 0 Å². The minimum atomic E-state index is -6.35.